The molecule has 15 heteroatoms. The van der Waals surface area contributed by atoms with E-state index in [4.69, 9.17) is 24.2 Å². The van der Waals surface area contributed by atoms with Crippen LogP contribution in [0.3, 0.4) is 0 Å². The van der Waals surface area contributed by atoms with E-state index in [-0.39, 0.29) is 53.7 Å². The van der Waals surface area contributed by atoms with E-state index in [1.54, 1.807) is 0 Å². The van der Waals surface area contributed by atoms with E-state index >= 15 is 0 Å². The number of carbonyl (C=O) groups excluding carboxylic acids is 4. The third-order valence-corrected chi connectivity index (χ3v) is 13.7. The Balaban J connectivity index is 0.876. The molecule has 4 aromatic rings. The first-order chi connectivity index (χ1) is 29.6. The lowest BCUT2D eigenvalue weighted by Crippen LogP contribution is -2.56. The van der Waals surface area contributed by atoms with E-state index in [0.29, 0.717) is 32.0 Å². The molecule has 0 spiro atoms. The Morgan fingerprint density at radius 1 is 0.705 bits per heavy atom. The lowest BCUT2D eigenvalue weighted by atomic mass is 9.79. The minimum Gasteiger partial charge on any atom is -0.453 e. The molecule has 15 nitrogen and oxygen atoms in total. The monoisotopic (exact) mass is 830 g/mol. The minimum absolute atomic E-state index is 0.0251. The first-order valence-electron chi connectivity index (χ1n) is 21.5. The molecule has 5 aliphatic rings. The van der Waals surface area contributed by atoms with Crippen molar-refractivity contribution in [3.63, 3.8) is 0 Å². The van der Waals surface area contributed by atoms with Gasteiger partial charge in [-0.2, -0.15) is 0 Å². The summed E-state index contributed by atoms with van der Waals surface area (Å²) in [5, 5.41) is 5.60. The average Bonchev–Trinajstić information content (AvgIpc) is 4.06. The van der Waals surface area contributed by atoms with E-state index in [0.717, 1.165) is 71.0 Å². The van der Waals surface area contributed by atoms with Crippen LogP contribution in [0, 0.1) is 23.7 Å². The minimum atomic E-state index is -0.717. The zero-order chi connectivity index (χ0) is 42.4. The third-order valence-electron chi connectivity index (χ3n) is 13.7. The fraction of sp³-hybridized carbons (Fsp3) is 0.478. The Kier molecular flexibility index (Phi) is 11.2. The van der Waals surface area contributed by atoms with Crippen molar-refractivity contribution in [2.75, 3.05) is 27.4 Å². The molecule has 0 bridgehead atoms. The largest absolute Gasteiger partial charge is 0.453 e. The molecule has 2 aromatic carbocycles. The van der Waals surface area contributed by atoms with Crippen molar-refractivity contribution < 1.29 is 33.4 Å². The van der Waals surface area contributed by atoms with Crippen LogP contribution in [0.4, 0.5) is 9.59 Å². The quantitative estimate of drug-likeness (QED) is 0.122. The number of likely N-dealkylation sites (tertiary alicyclic amines) is 2. The summed E-state index contributed by atoms with van der Waals surface area (Å²) in [4.78, 5) is 73.3. The molecule has 2 aliphatic carbocycles. The van der Waals surface area contributed by atoms with E-state index in [1.165, 1.54) is 14.2 Å². The summed E-state index contributed by atoms with van der Waals surface area (Å²) in [5.74, 6) is 1.77. The second kappa shape index (κ2) is 16.8. The van der Waals surface area contributed by atoms with E-state index in [9.17, 15) is 19.2 Å². The predicted octanol–water partition coefficient (Wildman–Crippen LogP) is 6.55. The number of rotatable bonds is 11. The number of aromatic amines is 2. The number of nitrogens with one attached hydrogen (secondary N) is 4. The van der Waals surface area contributed by atoms with Crippen molar-refractivity contribution in [3.8, 4) is 33.6 Å². The topological polar surface area (TPSA) is 184 Å². The number of alkyl carbamates (subject to hydrolysis) is 2. The zero-order valence-corrected chi connectivity index (χ0v) is 35.0. The van der Waals surface area contributed by atoms with Crippen molar-refractivity contribution in [1.29, 1.82) is 0 Å². The van der Waals surface area contributed by atoms with Gasteiger partial charge in [0.2, 0.25) is 11.8 Å². The molecule has 2 aromatic heterocycles. The fourth-order valence-corrected chi connectivity index (χ4v) is 10.0. The maximum absolute atomic E-state index is 14.3. The lowest BCUT2D eigenvalue weighted by Gasteiger charge is -2.40. The predicted molar refractivity (Wildman–Crippen MR) is 225 cm³/mol. The molecule has 4 N–H and O–H groups in total. The van der Waals surface area contributed by atoms with E-state index in [2.05, 4.69) is 81.3 Å². The Bertz CT molecular complexity index is 2280. The Morgan fingerprint density at radius 2 is 1.26 bits per heavy atom. The van der Waals surface area contributed by atoms with E-state index in [1.807, 2.05) is 36.0 Å². The Labute approximate surface area is 355 Å². The van der Waals surface area contributed by atoms with Gasteiger partial charge in [0.1, 0.15) is 23.7 Å². The molecule has 4 fully saturated rings. The van der Waals surface area contributed by atoms with Gasteiger partial charge in [0.25, 0.3) is 0 Å². The molecular weight excluding hydrogens is 777 g/mol. The summed E-state index contributed by atoms with van der Waals surface area (Å²) in [6, 6.07) is 14.9. The Morgan fingerprint density at radius 3 is 1.77 bits per heavy atom. The van der Waals surface area contributed by atoms with Gasteiger partial charge in [0.15, 0.2) is 0 Å². The summed E-state index contributed by atoms with van der Waals surface area (Å²) in [7, 11) is 2.62. The molecule has 3 saturated heterocycles. The normalized spacial score (nSPS) is 25.2. The molecule has 1 saturated carbocycles. The van der Waals surface area contributed by atoms with Crippen LogP contribution in [0.2, 0.25) is 0 Å². The van der Waals surface area contributed by atoms with Crippen molar-refractivity contribution in [2.45, 2.75) is 88.6 Å². The van der Waals surface area contributed by atoms with Gasteiger partial charge >= 0.3 is 12.2 Å². The zero-order valence-electron chi connectivity index (χ0n) is 35.0. The molecule has 3 aliphatic heterocycles. The highest BCUT2D eigenvalue weighted by atomic mass is 16.5. The van der Waals surface area contributed by atoms with Crippen LogP contribution in [0.25, 0.3) is 33.6 Å². The number of ether oxygens (including phenoxy) is 3. The highest BCUT2D eigenvalue weighted by Gasteiger charge is 2.52. The van der Waals surface area contributed by atoms with Crippen molar-refractivity contribution >= 4 is 24.0 Å². The maximum atomic E-state index is 14.3. The molecule has 0 radical (unpaired) electrons. The number of hydrogen-bond acceptors (Lipinski definition) is 9. The van der Waals surface area contributed by atoms with Gasteiger partial charge < -0.3 is 44.6 Å². The number of fused-ring (bicyclic) bond motifs is 2. The number of nitrogens with zero attached hydrogens (tertiary/aromatic N) is 4. The summed E-state index contributed by atoms with van der Waals surface area (Å²) < 4.78 is 15.3. The van der Waals surface area contributed by atoms with Crippen LogP contribution in [0.15, 0.2) is 73.1 Å². The summed E-state index contributed by atoms with van der Waals surface area (Å²) in [6.07, 6.45) is 11.6. The second-order valence-corrected chi connectivity index (χ2v) is 17.4. The van der Waals surface area contributed by atoms with Gasteiger partial charge in [-0.25, -0.2) is 19.6 Å². The number of methoxy groups -OCH3 is 2. The molecule has 4 amide bonds. The molecule has 8 atom stereocenters. The molecular formula is C46H54N8O7. The molecule has 8 unspecified atom stereocenters. The number of carbonyl (C=O) groups is 4. The van der Waals surface area contributed by atoms with Crippen LogP contribution >= 0.6 is 0 Å². The van der Waals surface area contributed by atoms with Gasteiger partial charge in [-0.05, 0) is 78.5 Å². The highest BCUT2D eigenvalue weighted by molar-refractivity contribution is 5.88. The average molecular weight is 831 g/mol. The summed E-state index contributed by atoms with van der Waals surface area (Å²) >= 11 is 0. The fourth-order valence-electron chi connectivity index (χ4n) is 10.0. The van der Waals surface area contributed by atoms with Crippen LogP contribution in [0.5, 0.6) is 0 Å². The summed E-state index contributed by atoms with van der Waals surface area (Å²) in [5.41, 5.74) is 5.81. The number of imidazole rings is 2. The van der Waals surface area contributed by atoms with Crippen LogP contribution in [-0.2, 0) is 23.8 Å². The molecule has 5 heterocycles. The first kappa shape index (κ1) is 40.4. The highest BCUT2D eigenvalue weighted by Crippen LogP contribution is 2.50. The standard InChI is InChI=1S/C46H54N8O7/c1-25(2)39(51-45(57)59-3)43(55)53-35-15-13-31(35)21-37(53)41-47-23-33(49-41)28-9-5-26(6-10-28)27-7-11-29(12-8-27)34-24-48-42(50-34)38-22-32-14-16-36(32)54(38)44(56)40(52-46(58)60-4)30-17-19-61-20-18-30/h5-13,15,23-25,30-32,35-40H,14,16-22H2,1-4H3,(H,47,49)(H,48,50)(H,51,57)(H,52,58). The number of hydrogen-bond donors (Lipinski definition) is 4. The van der Waals surface area contributed by atoms with Gasteiger partial charge in [-0.1, -0.05) is 74.5 Å². The van der Waals surface area contributed by atoms with Crippen LogP contribution in [-0.4, -0.2) is 105 Å². The number of benzene rings is 2. The van der Waals surface area contributed by atoms with Crippen molar-refractivity contribution in [2.24, 2.45) is 23.7 Å². The second-order valence-electron chi connectivity index (χ2n) is 17.4. The van der Waals surface area contributed by atoms with Crippen molar-refractivity contribution in [1.82, 2.24) is 40.4 Å². The smallest absolute Gasteiger partial charge is 0.407 e. The van der Waals surface area contributed by atoms with Crippen molar-refractivity contribution in [3.05, 3.63) is 84.7 Å². The molecule has 9 rings (SSSR count). The Hall–Kier alpha value is -5.96. The lowest BCUT2D eigenvalue weighted by molar-refractivity contribution is -0.140. The van der Waals surface area contributed by atoms with Gasteiger partial charge in [-0.3, -0.25) is 9.59 Å². The molecule has 320 valence electrons. The number of H-pyrrole nitrogens is 2. The van der Waals surface area contributed by atoms with Gasteiger partial charge in [-0.15, -0.1) is 0 Å². The number of amides is 4. The molecule has 61 heavy (non-hydrogen) atoms. The number of aromatic nitrogens is 4. The van der Waals surface area contributed by atoms with E-state index < -0.39 is 24.3 Å². The summed E-state index contributed by atoms with van der Waals surface area (Å²) in [6.45, 7) is 4.95. The third kappa shape index (κ3) is 7.68. The van der Waals surface area contributed by atoms with Crippen LogP contribution < -0.4 is 10.6 Å². The first-order valence-corrected chi connectivity index (χ1v) is 21.5. The van der Waals surface area contributed by atoms with Crippen LogP contribution in [0.1, 0.15) is 76.1 Å². The SMILES string of the molecule is COC(=O)NC(C(=O)N1C(c2ncc(-c3ccc(-c4ccc(-c5cnc(C6CC7CCC7N6C(=O)C(NC(=O)OC)C6CCOCC6)[nH]5)cc4)cc3)[nH]2)CC2C=CC21)C(C)C. The van der Waals surface area contributed by atoms with Gasteiger partial charge in [0, 0.05) is 25.2 Å². The van der Waals surface area contributed by atoms with Gasteiger partial charge in [0.05, 0.1) is 56.1 Å². The maximum Gasteiger partial charge on any atom is 0.407 e.